The predicted molar refractivity (Wildman–Crippen MR) is 54.7 cm³/mol. The minimum absolute atomic E-state index is 0.889. The topological polar surface area (TPSA) is 24.4 Å². The van der Waals surface area contributed by atoms with Crippen molar-refractivity contribution in [3.8, 4) is 0 Å². The van der Waals surface area contributed by atoms with Gasteiger partial charge in [-0.25, -0.2) is 0 Å². The van der Waals surface area contributed by atoms with Crippen molar-refractivity contribution in [3.05, 3.63) is 16.0 Å². The summed E-state index contributed by atoms with van der Waals surface area (Å²) < 4.78 is 0. The van der Waals surface area contributed by atoms with Crippen LogP contribution in [-0.2, 0) is 0 Å². The van der Waals surface area contributed by atoms with Crippen molar-refractivity contribution >= 4 is 22.6 Å². The van der Waals surface area contributed by atoms with Gasteiger partial charge in [0.1, 0.15) is 0 Å². The highest BCUT2D eigenvalue weighted by Gasteiger charge is 2.11. The minimum atomic E-state index is 0.889. The second kappa shape index (κ2) is 2.90. The summed E-state index contributed by atoms with van der Waals surface area (Å²) in [5.74, 6) is 0. The Labute approximate surface area is 76.3 Å². The van der Waals surface area contributed by atoms with E-state index in [1.54, 1.807) is 0 Å². The van der Waals surface area contributed by atoms with Crippen molar-refractivity contribution in [3.63, 3.8) is 0 Å². The van der Waals surface area contributed by atoms with Crippen molar-refractivity contribution in [2.24, 2.45) is 4.99 Å². The van der Waals surface area contributed by atoms with Gasteiger partial charge in [0.25, 0.3) is 0 Å². The maximum atomic E-state index is 4.31. The molecule has 2 nitrogen and oxygen atoms in total. The molecule has 0 saturated heterocycles. The Kier molecular flexibility index (Phi) is 1.89. The van der Waals surface area contributed by atoms with Crippen LogP contribution < -0.4 is 5.32 Å². The number of aliphatic imine (C=N–C) groups is 1. The third-order valence-electron chi connectivity index (χ3n) is 2.18. The van der Waals surface area contributed by atoms with Gasteiger partial charge in [-0.3, -0.25) is 4.99 Å². The molecule has 1 aromatic rings. The monoisotopic (exact) mass is 180 g/mol. The molecule has 1 aliphatic heterocycles. The third kappa shape index (κ3) is 1.14. The summed E-state index contributed by atoms with van der Waals surface area (Å²) in [6.07, 6.45) is 1.99. The van der Waals surface area contributed by atoms with Crippen LogP contribution in [0.2, 0.25) is 0 Å². The molecule has 3 heteroatoms. The van der Waals surface area contributed by atoms with Crippen LogP contribution in [0.4, 0.5) is 5.00 Å². The average Bonchev–Trinajstić information content (AvgIpc) is 2.30. The van der Waals surface area contributed by atoms with Gasteiger partial charge >= 0.3 is 0 Å². The Morgan fingerprint density at radius 2 is 2.33 bits per heavy atom. The number of hydrogen-bond acceptors (Lipinski definition) is 3. The van der Waals surface area contributed by atoms with E-state index in [1.165, 1.54) is 21.0 Å². The van der Waals surface area contributed by atoms with Gasteiger partial charge in [0, 0.05) is 23.2 Å². The zero-order valence-electron chi connectivity index (χ0n) is 7.35. The summed E-state index contributed by atoms with van der Waals surface area (Å²) in [5, 5.41) is 4.66. The van der Waals surface area contributed by atoms with Crippen LogP contribution in [0.25, 0.3) is 0 Å². The van der Waals surface area contributed by atoms with E-state index in [2.05, 4.69) is 24.2 Å². The quantitative estimate of drug-likeness (QED) is 0.650. The largest absolute Gasteiger partial charge is 0.375 e. The third-order valence-corrected chi connectivity index (χ3v) is 3.36. The highest BCUT2D eigenvalue weighted by molar-refractivity contribution is 7.16. The molecule has 0 aliphatic carbocycles. The van der Waals surface area contributed by atoms with E-state index >= 15 is 0 Å². The molecule has 0 aromatic carbocycles. The first kappa shape index (κ1) is 7.80. The first-order valence-corrected chi connectivity index (χ1v) is 4.94. The van der Waals surface area contributed by atoms with E-state index in [-0.39, 0.29) is 0 Å². The van der Waals surface area contributed by atoms with E-state index in [0.29, 0.717) is 0 Å². The van der Waals surface area contributed by atoms with Crippen molar-refractivity contribution in [1.82, 2.24) is 0 Å². The molecule has 64 valence electrons. The molecule has 1 N–H and O–H groups in total. The standard InChI is InChI=1S/C9H12N2S/c1-6-7(2)12-9-8(6)5-10-3-4-11-9/h5,11H,3-4H2,1-2H3. The fourth-order valence-electron chi connectivity index (χ4n) is 1.32. The summed E-state index contributed by atoms with van der Waals surface area (Å²) in [6, 6.07) is 0. The zero-order chi connectivity index (χ0) is 8.55. The van der Waals surface area contributed by atoms with Gasteiger partial charge in [-0.15, -0.1) is 11.3 Å². The van der Waals surface area contributed by atoms with Crippen LogP contribution >= 0.6 is 11.3 Å². The lowest BCUT2D eigenvalue weighted by molar-refractivity contribution is 1.04. The Morgan fingerprint density at radius 3 is 3.17 bits per heavy atom. The highest BCUT2D eigenvalue weighted by Crippen LogP contribution is 2.31. The Bertz CT molecular complexity index is 326. The van der Waals surface area contributed by atoms with Gasteiger partial charge in [-0.2, -0.15) is 0 Å². The van der Waals surface area contributed by atoms with Gasteiger partial charge < -0.3 is 5.32 Å². The molecule has 0 saturated carbocycles. The molecule has 0 bridgehead atoms. The smallest absolute Gasteiger partial charge is 0.0977 e. The van der Waals surface area contributed by atoms with Gasteiger partial charge in [-0.05, 0) is 19.4 Å². The minimum Gasteiger partial charge on any atom is -0.375 e. The van der Waals surface area contributed by atoms with E-state index in [0.717, 1.165) is 13.1 Å². The van der Waals surface area contributed by atoms with Gasteiger partial charge in [-0.1, -0.05) is 0 Å². The molecular formula is C9H12N2S. The van der Waals surface area contributed by atoms with Gasteiger partial charge in [0.2, 0.25) is 0 Å². The molecule has 0 unspecified atom stereocenters. The molecule has 0 amide bonds. The van der Waals surface area contributed by atoms with Crippen LogP contribution in [0, 0.1) is 13.8 Å². The Balaban J connectivity index is 2.54. The first-order valence-electron chi connectivity index (χ1n) is 4.12. The fourth-order valence-corrected chi connectivity index (χ4v) is 2.38. The molecule has 2 rings (SSSR count). The van der Waals surface area contributed by atoms with Crippen LogP contribution in [0.3, 0.4) is 0 Å². The van der Waals surface area contributed by atoms with E-state index < -0.39 is 0 Å². The second-order valence-corrected chi connectivity index (χ2v) is 4.21. The normalized spacial score (nSPS) is 15.2. The predicted octanol–water partition coefficient (Wildman–Crippen LogP) is 2.21. The maximum Gasteiger partial charge on any atom is 0.0977 e. The van der Waals surface area contributed by atoms with Crippen LogP contribution in [0.5, 0.6) is 0 Å². The molecule has 1 aromatic heterocycles. The molecule has 12 heavy (non-hydrogen) atoms. The summed E-state index contributed by atoms with van der Waals surface area (Å²) in [6.45, 7) is 6.16. The molecule has 0 fully saturated rings. The van der Waals surface area contributed by atoms with Crippen LogP contribution in [-0.4, -0.2) is 19.3 Å². The number of hydrogen-bond donors (Lipinski definition) is 1. The Morgan fingerprint density at radius 1 is 1.50 bits per heavy atom. The first-order chi connectivity index (χ1) is 5.79. The lowest BCUT2D eigenvalue weighted by Gasteiger charge is -1.97. The number of fused-ring (bicyclic) bond motifs is 1. The SMILES string of the molecule is Cc1sc2c(c1C)C=NCCN2. The van der Waals surface area contributed by atoms with Gasteiger partial charge in [0.15, 0.2) is 0 Å². The second-order valence-electron chi connectivity index (χ2n) is 2.99. The lowest BCUT2D eigenvalue weighted by Crippen LogP contribution is -2.01. The molecule has 2 heterocycles. The van der Waals surface area contributed by atoms with Crippen molar-refractivity contribution in [2.75, 3.05) is 18.4 Å². The van der Waals surface area contributed by atoms with Crippen molar-refractivity contribution < 1.29 is 0 Å². The highest BCUT2D eigenvalue weighted by atomic mass is 32.1. The van der Waals surface area contributed by atoms with Crippen molar-refractivity contribution in [2.45, 2.75) is 13.8 Å². The number of anilines is 1. The molecule has 0 spiro atoms. The molecule has 1 aliphatic rings. The average molecular weight is 180 g/mol. The summed E-state index contributed by atoms with van der Waals surface area (Å²) in [4.78, 5) is 5.70. The van der Waals surface area contributed by atoms with E-state index in [9.17, 15) is 0 Å². The van der Waals surface area contributed by atoms with Crippen LogP contribution in [0.1, 0.15) is 16.0 Å². The lowest BCUT2D eigenvalue weighted by atomic mass is 10.2. The van der Waals surface area contributed by atoms with E-state index in [4.69, 9.17) is 0 Å². The number of nitrogens with one attached hydrogen (secondary N) is 1. The van der Waals surface area contributed by atoms with Crippen molar-refractivity contribution in [1.29, 1.82) is 0 Å². The summed E-state index contributed by atoms with van der Waals surface area (Å²) in [5.41, 5.74) is 2.66. The zero-order valence-corrected chi connectivity index (χ0v) is 8.16. The number of nitrogens with zero attached hydrogens (tertiary/aromatic N) is 1. The number of thiophene rings is 1. The maximum absolute atomic E-state index is 4.31. The number of rotatable bonds is 0. The molecular weight excluding hydrogens is 168 g/mol. The Hall–Kier alpha value is -0.830. The summed E-state index contributed by atoms with van der Waals surface area (Å²) >= 11 is 1.83. The summed E-state index contributed by atoms with van der Waals surface area (Å²) in [7, 11) is 0. The molecule has 0 atom stereocenters. The molecule has 0 radical (unpaired) electrons. The van der Waals surface area contributed by atoms with Crippen LogP contribution in [0.15, 0.2) is 4.99 Å². The fraction of sp³-hybridized carbons (Fsp3) is 0.444. The van der Waals surface area contributed by atoms with E-state index in [1.807, 2.05) is 17.6 Å². The number of aryl methyl sites for hydroxylation is 1. The van der Waals surface area contributed by atoms with Gasteiger partial charge in [0.05, 0.1) is 11.5 Å².